The Hall–Kier alpha value is -0.930. The fraction of sp³-hybridized carbons (Fsp3) is 0.938. The van der Waals surface area contributed by atoms with E-state index < -0.39 is 67.5 Å². The molecule has 11 atom stereocenters. The molecular formula is C16H30N4O8. The lowest BCUT2D eigenvalue weighted by atomic mass is 9.89. The zero-order valence-corrected chi connectivity index (χ0v) is 15.3. The fourth-order valence-electron chi connectivity index (χ4n) is 3.86. The standard InChI is InChI=1S/C16H30N4O8/c17-2-1-7(22)15(26)20-6-3-5-10(19-5)13(25)14(6)28-16-12(24)9(18)11(23)8(4-21)27-16/h5-14,16,19,21-25H,1-4,17-18H2,(H,20,26)/t5?,6?,7-,8?,9?,10?,11?,12?,13?,14?,16?/m0/s1. The van der Waals surface area contributed by atoms with E-state index in [2.05, 4.69) is 10.6 Å². The Morgan fingerprint density at radius 1 is 1.29 bits per heavy atom. The highest BCUT2D eigenvalue weighted by Gasteiger charge is 2.55. The average molecular weight is 406 g/mol. The van der Waals surface area contributed by atoms with Gasteiger partial charge in [-0.05, 0) is 19.4 Å². The van der Waals surface area contributed by atoms with Gasteiger partial charge in [-0.25, -0.2) is 0 Å². The van der Waals surface area contributed by atoms with Gasteiger partial charge in [-0.2, -0.15) is 0 Å². The SMILES string of the molecule is NCC[C@H](O)C(=O)NC1CC2NC2C(O)C1OC1OC(CO)C(O)C(N)C1O. The Morgan fingerprint density at radius 2 is 2.00 bits per heavy atom. The van der Waals surface area contributed by atoms with E-state index in [0.717, 1.165) is 0 Å². The highest BCUT2D eigenvalue weighted by atomic mass is 16.7. The summed E-state index contributed by atoms with van der Waals surface area (Å²) in [4.78, 5) is 12.2. The predicted octanol–water partition coefficient (Wildman–Crippen LogP) is -5.56. The first kappa shape index (κ1) is 21.8. The second-order valence-electron chi connectivity index (χ2n) is 7.62. The van der Waals surface area contributed by atoms with Gasteiger partial charge in [0.1, 0.15) is 30.5 Å². The van der Waals surface area contributed by atoms with Crippen LogP contribution in [-0.2, 0) is 14.3 Å². The molecule has 0 bridgehead atoms. The number of hydrogen-bond donors (Lipinski definition) is 9. The Kier molecular flexibility index (Phi) is 6.87. The molecule has 162 valence electrons. The van der Waals surface area contributed by atoms with Crippen LogP contribution in [-0.4, -0.2) is 112 Å². The lowest BCUT2D eigenvalue weighted by Crippen LogP contribution is -2.65. The summed E-state index contributed by atoms with van der Waals surface area (Å²) in [5.74, 6) is -0.638. The van der Waals surface area contributed by atoms with Gasteiger partial charge in [0.25, 0.3) is 0 Å². The van der Waals surface area contributed by atoms with E-state index in [4.69, 9.17) is 20.9 Å². The van der Waals surface area contributed by atoms with Crippen molar-refractivity contribution in [3.8, 4) is 0 Å². The topological polar surface area (TPSA) is 223 Å². The average Bonchev–Trinajstić information content (AvgIpc) is 3.44. The summed E-state index contributed by atoms with van der Waals surface area (Å²) >= 11 is 0. The summed E-state index contributed by atoms with van der Waals surface area (Å²) in [6.45, 7) is -0.398. The molecule has 28 heavy (non-hydrogen) atoms. The van der Waals surface area contributed by atoms with E-state index in [1.807, 2.05) is 0 Å². The van der Waals surface area contributed by atoms with Gasteiger partial charge in [0.2, 0.25) is 5.91 Å². The van der Waals surface area contributed by atoms with Crippen LogP contribution in [0.25, 0.3) is 0 Å². The van der Waals surface area contributed by atoms with Crippen LogP contribution in [0.1, 0.15) is 12.8 Å². The minimum atomic E-state index is -1.41. The van der Waals surface area contributed by atoms with E-state index in [-0.39, 0.29) is 25.0 Å². The summed E-state index contributed by atoms with van der Waals surface area (Å²) in [5, 5.41) is 55.7. The van der Waals surface area contributed by atoms with Crippen molar-refractivity contribution < 1.29 is 39.8 Å². The summed E-state index contributed by atoms with van der Waals surface area (Å²) < 4.78 is 11.2. The van der Waals surface area contributed by atoms with Crippen LogP contribution in [0.2, 0.25) is 0 Å². The van der Waals surface area contributed by atoms with E-state index >= 15 is 0 Å². The van der Waals surface area contributed by atoms with Gasteiger partial charge in [0.05, 0.1) is 30.8 Å². The van der Waals surface area contributed by atoms with Gasteiger partial charge in [-0.15, -0.1) is 0 Å². The summed E-state index contributed by atoms with van der Waals surface area (Å²) in [7, 11) is 0. The molecule has 3 aliphatic rings. The molecule has 11 N–H and O–H groups in total. The normalized spacial score (nSPS) is 46.5. The molecule has 0 aromatic rings. The Balaban J connectivity index is 1.70. The first-order valence-electron chi connectivity index (χ1n) is 9.44. The highest BCUT2D eigenvalue weighted by Crippen LogP contribution is 2.34. The van der Waals surface area contributed by atoms with E-state index in [1.54, 1.807) is 0 Å². The van der Waals surface area contributed by atoms with Crippen molar-refractivity contribution in [1.82, 2.24) is 10.6 Å². The fourth-order valence-corrected chi connectivity index (χ4v) is 3.86. The molecular weight excluding hydrogens is 376 g/mol. The number of nitrogens with two attached hydrogens (primary N) is 2. The molecule has 0 aromatic carbocycles. The van der Waals surface area contributed by atoms with Crippen molar-refractivity contribution >= 4 is 5.91 Å². The number of aliphatic hydroxyl groups is 5. The van der Waals surface area contributed by atoms with Crippen LogP contribution in [0, 0.1) is 0 Å². The third-order valence-corrected chi connectivity index (χ3v) is 5.64. The summed E-state index contributed by atoms with van der Waals surface area (Å²) in [6, 6.07) is -2.01. The maximum atomic E-state index is 12.2. The molecule has 1 saturated carbocycles. The monoisotopic (exact) mass is 406 g/mol. The van der Waals surface area contributed by atoms with Crippen LogP contribution in [0.4, 0.5) is 0 Å². The first-order valence-corrected chi connectivity index (χ1v) is 9.44. The number of rotatable bonds is 7. The van der Waals surface area contributed by atoms with Crippen molar-refractivity contribution in [1.29, 1.82) is 0 Å². The maximum absolute atomic E-state index is 12.2. The number of carbonyl (C=O) groups is 1. The number of fused-ring (bicyclic) bond motifs is 1. The minimum absolute atomic E-state index is 0.00160. The molecule has 2 saturated heterocycles. The van der Waals surface area contributed by atoms with E-state index in [1.165, 1.54) is 0 Å². The summed E-state index contributed by atoms with van der Waals surface area (Å²) in [6.07, 6.45) is -7.81. The molecule has 2 heterocycles. The molecule has 12 heteroatoms. The van der Waals surface area contributed by atoms with Crippen LogP contribution in [0.15, 0.2) is 0 Å². The minimum Gasteiger partial charge on any atom is -0.394 e. The zero-order chi connectivity index (χ0) is 20.6. The molecule has 3 fully saturated rings. The number of amides is 1. The van der Waals surface area contributed by atoms with Crippen molar-refractivity contribution in [3.63, 3.8) is 0 Å². The van der Waals surface area contributed by atoms with Crippen LogP contribution >= 0.6 is 0 Å². The Morgan fingerprint density at radius 3 is 2.64 bits per heavy atom. The molecule has 12 nitrogen and oxygen atoms in total. The van der Waals surface area contributed by atoms with Crippen molar-refractivity contribution in [2.24, 2.45) is 11.5 Å². The number of aliphatic hydroxyl groups excluding tert-OH is 5. The van der Waals surface area contributed by atoms with Gasteiger partial charge in [-0.3, -0.25) is 4.79 Å². The lowest BCUT2D eigenvalue weighted by molar-refractivity contribution is -0.299. The lowest BCUT2D eigenvalue weighted by Gasteiger charge is -2.44. The van der Waals surface area contributed by atoms with E-state index in [0.29, 0.717) is 6.42 Å². The second-order valence-corrected chi connectivity index (χ2v) is 7.62. The van der Waals surface area contributed by atoms with Gasteiger partial charge in [-0.1, -0.05) is 0 Å². The number of nitrogens with one attached hydrogen (secondary N) is 2. The third kappa shape index (κ3) is 4.31. The number of hydrogen-bond acceptors (Lipinski definition) is 11. The third-order valence-electron chi connectivity index (χ3n) is 5.64. The molecule has 2 aliphatic heterocycles. The van der Waals surface area contributed by atoms with Gasteiger partial charge in [0, 0.05) is 6.04 Å². The smallest absolute Gasteiger partial charge is 0.249 e. The molecule has 1 amide bonds. The molecule has 0 aromatic heterocycles. The molecule has 1 aliphatic carbocycles. The molecule has 3 rings (SSSR count). The quantitative estimate of drug-likeness (QED) is 0.181. The number of carbonyl (C=O) groups excluding carboxylic acids is 1. The van der Waals surface area contributed by atoms with Crippen molar-refractivity contribution in [2.45, 2.75) is 79.9 Å². The van der Waals surface area contributed by atoms with Crippen LogP contribution in [0.5, 0.6) is 0 Å². The second kappa shape index (κ2) is 8.83. The zero-order valence-electron chi connectivity index (χ0n) is 15.3. The largest absolute Gasteiger partial charge is 0.394 e. The summed E-state index contributed by atoms with van der Waals surface area (Å²) in [5.41, 5.74) is 11.1. The molecule has 0 radical (unpaired) electrons. The van der Waals surface area contributed by atoms with Gasteiger partial charge >= 0.3 is 0 Å². The van der Waals surface area contributed by atoms with Crippen molar-refractivity contribution in [3.05, 3.63) is 0 Å². The van der Waals surface area contributed by atoms with E-state index in [9.17, 15) is 30.3 Å². The van der Waals surface area contributed by atoms with Crippen molar-refractivity contribution in [2.75, 3.05) is 13.2 Å². The number of ether oxygens (including phenoxy) is 2. The predicted molar refractivity (Wildman–Crippen MR) is 93.6 cm³/mol. The van der Waals surface area contributed by atoms with Crippen LogP contribution in [0.3, 0.4) is 0 Å². The van der Waals surface area contributed by atoms with Crippen LogP contribution < -0.4 is 22.1 Å². The molecule has 0 spiro atoms. The van der Waals surface area contributed by atoms with Gasteiger partial charge in [0.15, 0.2) is 6.29 Å². The van der Waals surface area contributed by atoms with Gasteiger partial charge < -0.3 is 57.1 Å². The molecule has 10 unspecified atom stereocenters. The highest BCUT2D eigenvalue weighted by molar-refractivity contribution is 5.80. The first-order chi connectivity index (χ1) is 13.3. The Bertz CT molecular complexity index is 555. The Labute approximate surface area is 161 Å². The maximum Gasteiger partial charge on any atom is 0.249 e.